The number of nitrogens with zero attached hydrogens (tertiary/aromatic N) is 4. The SMILES string of the molecule is CN(C)c1nccc([C@@H]2CN(C(=O)Cc3cccs3)CCO2)n1. The largest absolute Gasteiger partial charge is 0.368 e. The van der Waals surface area contributed by atoms with Gasteiger partial charge in [-0.15, -0.1) is 11.3 Å². The lowest BCUT2D eigenvalue weighted by Gasteiger charge is -2.32. The highest BCUT2D eigenvalue weighted by Gasteiger charge is 2.26. The summed E-state index contributed by atoms with van der Waals surface area (Å²) in [6, 6.07) is 5.82. The Labute approximate surface area is 139 Å². The predicted molar refractivity (Wildman–Crippen MR) is 89.7 cm³/mol. The van der Waals surface area contributed by atoms with Gasteiger partial charge in [-0.05, 0) is 17.5 Å². The first-order chi connectivity index (χ1) is 11.1. The molecule has 0 radical (unpaired) electrons. The first kappa shape index (κ1) is 15.9. The van der Waals surface area contributed by atoms with Crippen LogP contribution in [0.1, 0.15) is 16.7 Å². The van der Waals surface area contributed by atoms with Crippen molar-refractivity contribution in [1.82, 2.24) is 14.9 Å². The molecule has 3 rings (SSSR count). The van der Waals surface area contributed by atoms with Crippen LogP contribution in [0.3, 0.4) is 0 Å². The molecule has 7 heteroatoms. The molecule has 0 bridgehead atoms. The lowest BCUT2D eigenvalue weighted by Crippen LogP contribution is -2.43. The molecule has 0 N–H and O–H groups in total. The first-order valence-corrected chi connectivity index (χ1v) is 8.43. The van der Waals surface area contributed by atoms with Crippen molar-refractivity contribution in [2.24, 2.45) is 0 Å². The zero-order chi connectivity index (χ0) is 16.2. The van der Waals surface area contributed by atoms with Gasteiger partial charge < -0.3 is 14.5 Å². The van der Waals surface area contributed by atoms with E-state index in [1.807, 2.05) is 47.5 Å². The van der Waals surface area contributed by atoms with Crippen LogP contribution in [0.4, 0.5) is 5.95 Å². The molecule has 0 saturated carbocycles. The lowest BCUT2D eigenvalue weighted by atomic mass is 10.2. The van der Waals surface area contributed by atoms with E-state index in [0.717, 1.165) is 10.6 Å². The average Bonchev–Trinajstić information content (AvgIpc) is 3.08. The van der Waals surface area contributed by atoms with E-state index in [1.54, 1.807) is 17.5 Å². The molecule has 3 heterocycles. The maximum Gasteiger partial charge on any atom is 0.228 e. The van der Waals surface area contributed by atoms with Crippen molar-refractivity contribution >= 4 is 23.2 Å². The summed E-state index contributed by atoms with van der Waals surface area (Å²) in [5.74, 6) is 0.788. The van der Waals surface area contributed by atoms with Crippen molar-refractivity contribution in [3.8, 4) is 0 Å². The van der Waals surface area contributed by atoms with Gasteiger partial charge in [0.25, 0.3) is 0 Å². The van der Waals surface area contributed by atoms with Gasteiger partial charge in [-0.25, -0.2) is 9.97 Å². The minimum atomic E-state index is -0.197. The van der Waals surface area contributed by atoms with Crippen LogP contribution in [0.15, 0.2) is 29.8 Å². The Balaban J connectivity index is 1.68. The zero-order valence-corrected chi connectivity index (χ0v) is 14.1. The standard InChI is InChI=1S/C16H20N4O2S/c1-19(2)16-17-6-5-13(18-16)14-11-20(7-8-22-14)15(21)10-12-4-3-9-23-12/h3-6,9,14H,7-8,10-11H2,1-2H3/t14-/m0/s1. The third kappa shape index (κ3) is 3.86. The Morgan fingerprint density at radius 1 is 1.48 bits per heavy atom. The van der Waals surface area contributed by atoms with Gasteiger partial charge in [-0.2, -0.15) is 0 Å². The number of carbonyl (C=O) groups is 1. The zero-order valence-electron chi connectivity index (χ0n) is 13.3. The summed E-state index contributed by atoms with van der Waals surface area (Å²) in [4.78, 5) is 26.0. The fraction of sp³-hybridized carbons (Fsp3) is 0.438. The smallest absolute Gasteiger partial charge is 0.228 e. The number of carbonyl (C=O) groups excluding carboxylic acids is 1. The van der Waals surface area contributed by atoms with E-state index < -0.39 is 0 Å². The molecule has 1 aliphatic rings. The normalized spacial score (nSPS) is 18.0. The van der Waals surface area contributed by atoms with E-state index >= 15 is 0 Å². The molecule has 0 aliphatic carbocycles. The van der Waals surface area contributed by atoms with E-state index in [4.69, 9.17) is 4.74 Å². The number of thiophene rings is 1. The Kier molecular flexibility index (Phi) is 4.88. The maximum absolute atomic E-state index is 12.5. The molecule has 0 spiro atoms. The Bertz CT molecular complexity index is 660. The van der Waals surface area contributed by atoms with Crippen LogP contribution in [-0.2, 0) is 16.0 Å². The van der Waals surface area contributed by atoms with Crippen molar-refractivity contribution in [2.45, 2.75) is 12.5 Å². The topological polar surface area (TPSA) is 58.6 Å². The minimum absolute atomic E-state index is 0.141. The molecule has 6 nitrogen and oxygen atoms in total. The van der Waals surface area contributed by atoms with E-state index in [9.17, 15) is 4.79 Å². The summed E-state index contributed by atoms with van der Waals surface area (Å²) in [7, 11) is 3.80. The summed E-state index contributed by atoms with van der Waals surface area (Å²) in [5, 5.41) is 1.99. The second-order valence-corrected chi connectivity index (χ2v) is 6.66. The minimum Gasteiger partial charge on any atom is -0.368 e. The molecule has 1 fully saturated rings. The summed E-state index contributed by atoms with van der Waals surface area (Å²) in [6.45, 7) is 1.70. The fourth-order valence-electron chi connectivity index (χ4n) is 2.49. The van der Waals surface area contributed by atoms with E-state index in [1.165, 1.54) is 0 Å². The summed E-state index contributed by atoms with van der Waals surface area (Å²) < 4.78 is 5.81. The van der Waals surface area contributed by atoms with Crippen molar-refractivity contribution in [3.05, 3.63) is 40.3 Å². The van der Waals surface area contributed by atoms with E-state index in [-0.39, 0.29) is 12.0 Å². The second-order valence-electron chi connectivity index (χ2n) is 5.63. The molecular formula is C16H20N4O2S. The molecule has 1 aliphatic heterocycles. The molecule has 1 saturated heterocycles. The predicted octanol–water partition coefficient (Wildman–Crippen LogP) is 1.75. The number of hydrogen-bond acceptors (Lipinski definition) is 6. The van der Waals surface area contributed by atoms with Crippen LogP contribution in [0.5, 0.6) is 0 Å². The van der Waals surface area contributed by atoms with Crippen molar-refractivity contribution < 1.29 is 9.53 Å². The Morgan fingerprint density at radius 2 is 2.35 bits per heavy atom. The number of ether oxygens (including phenoxy) is 1. The monoisotopic (exact) mass is 332 g/mol. The third-order valence-electron chi connectivity index (χ3n) is 3.72. The summed E-state index contributed by atoms with van der Waals surface area (Å²) >= 11 is 1.61. The van der Waals surface area contributed by atoms with Gasteiger partial charge in [0.2, 0.25) is 11.9 Å². The second kappa shape index (κ2) is 7.06. The number of hydrogen-bond donors (Lipinski definition) is 0. The fourth-order valence-corrected chi connectivity index (χ4v) is 3.18. The van der Waals surface area contributed by atoms with Gasteiger partial charge in [0.1, 0.15) is 6.10 Å². The van der Waals surface area contributed by atoms with Crippen LogP contribution in [0.25, 0.3) is 0 Å². The van der Waals surface area contributed by atoms with Gasteiger partial charge in [-0.1, -0.05) is 6.07 Å². The highest BCUT2D eigenvalue weighted by Crippen LogP contribution is 2.22. The van der Waals surface area contributed by atoms with Crippen LogP contribution in [-0.4, -0.2) is 54.6 Å². The highest BCUT2D eigenvalue weighted by molar-refractivity contribution is 7.10. The Morgan fingerprint density at radius 3 is 3.09 bits per heavy atom. The van der Waals surface area contributed by atoms with Gasteiger partial charge >= 0.3 is 0 Å². The highest BCUT2D eigenvalue weighted by atomic mass is 32.1. The number of amides is 1. The number of anilines is 1. The Hall–Kier alpha value is -1.99. The molecule has 122 valence electrons. The summed E-state index contributed by atoms with van der Waals surface area (Å²) in [6.07, 6.45) is 1.99. The molecule has 23 heavy (non-hydrogen) atoms. The number of aromatic nitrogens is 2. The van der Waals surface area contributed by atoms with Gasteiger partial charge in [0.05, 0.1) is 25.3 Å². The van der Waals surface area contributed by atoms with Crippen molar-refractivity contribution in [3.63, 3.8) is 0 Å². The molecule has 2 aromatic rings. The molecular weight excluding hydrogens is 312 g/mol. The number of rotatable bonds is 4. The van der Waals surface area contributed by atoms with Crippen molar-refractivity contribution in [1.29, 1.82) is 0 Å². The lowest BCUT2D eigenvalue weighted by molar-refractivity contribution is -0.138. The quantitative estimate of drug-likeness (QED) is 0.854. The van der Waals surface area contributed by atoms with E-state index in [2.05, 4.69) is 9.97 Å². The first-order valence-electron chi connectivity index (χ1n) is 7.55. The maximum atomic E-state index is 12.5. The molecule has 0 aromatic carbocycles. The van der Waals surface area contributed by atoms with Crippen LogP contribution < -0.4 is 4.90 Å². The van der Waals surface area contributed by atoms with E-state index in [0.29, 0.717) is 32.1 Å². The average molecular weight is 332 g/mol. The summed E-state index contributed by atoms with van der Waals surface area (Å²) in [5.41, 5.74) is 0.817. The van der Waals surface area contributed by atoms with Gasteiger partial charge in [-0.3, -0.25) is 4.79 Å². The molecule has 0 unspecified atom stereocenters. The molecule has 1 atom stereocenters. The van der Waals surface area contributed by atoms with Crippen molar-refractivity contribution in [2.75, 3.05) is 38.7 Å². The van der Waals surface area contributed by atoms with Gasteiger partial charge in [0.15, 0.2) is 0 Å². The van der Waals surface area contributed by atoms with Crippen LogP contribution >= 0.6 is 11.3 Å². The van der Waals surface area contributed by atoms with Gasteiger partial charge in [0, 0.05) is 31.7 Å². The van der Waals surface area contributed by atoms with Crippen LogP contribution in [0, 0.1) is 0 Å². The molecule has 1 amide bonds. The molecule has 2 aromatic heterocycles. The third-order valence-corrected chi connectivity index (χ3v) is 4.60. The van der Waals surface area contributed by atoms with Crippen LogP contribution in [0.2, 0.25) is 0 Å². The number of morpholine rings is 1.